The summed E-state index contributed by atoms with van der Waals surface area (Å²) in [6, 6.07) is 20.4. The van der Waals surface area contributed by atoms with Crippen LogP contribution in [0.25, 0.3) is 0 Å². The number of hydrogen-bond acceptors (Lipinski definition) is 3. The van der Waals surface area contributed by atoms with Crippen molar-refractivity contribution in [3.63, 3.8) is 0 Å². The minimum Gasteiger partial charge on any atom is -0.466 e. The first-order chi connectivity index (χ1) is 11.7. The summed E-state index contributed by atoms with van der Waals surface area (Å²) in [6.07, 6.45) is 3.28. The number of benzene rings is 2. The zero-order valence-corrected chi connectivity index (χ0v) is 14.1. The average Bonchev–Trinajstić information content (AvgIpc) is 2.62. The van der Waals surface area contributed by atoms with Gasteiger partial charge in [0.2, 0.25) is 0 Å². The van der Waals surface area contributed by atoms with Crippen molar-refractivity contribution in [2.45, 2.75) is 20.0 Å². The van der Waals surface area contributed by atoms with Crippen LogP contribution in [0.1, 0.15) is 18.1 Å². The lowest BCUT2D eigenvalue weighted by Crippen LogP contribution is -2.21. The third-order valence-corrected chi connectivity index (χ3v) is 3.46. The molecule has 0 aliphatic carbocycles. The summed E-state index contributed by atoms with van der Waals surface area (Å²) in [6.45, 7) is 3.16. The number of methoxy groups -OCH3 is 1. The van der Waals surface area contributed by atoms with Gasteiger partial charge in [-0.2, -0.15) is 0 Å². The zero-order chi connectivity index (χ0) is 17.2. The minimum atomic E-state index is -0.371. The monoisotopic (exact) mass is 322 g/mol. The van der Waals surface area contributed by atoms with Crippen LogP contribution in [0.4, 0.5) is 0 Å². The van der Waals surface area contributed by atoms with Gasteiger partial charge in [0.25, 0.3) is 0 Å². The van der Waals surface area contributed by atoms with Crippen LogP contribution < -0.4 is 0 Å². The molecule has 0 N–H and O–H groups in total. The Kier molecular flexibility index (Phi) is 6.77. The molecule has 0 aliphatic rings. The third-order valence-electron chi connectivity index (χ3n) is 3.46. The van der Waals surface area contributed by atoms with Crippen molar-refractivity contribution in [3.8, 4) is 0 Å². The molecule has 0 bridgehead atoms. The molecule has 0 radical (unpaired) electrons. The van der Waals surface area contributed by atoms with E-state index in [4.69, 9.17) is 0 Å². The molecule has 124 valence electrons. The number of esters is 1. The highest BCUT2D eigenvalue weighted by Crippen LogP contribution is 2.08. The van der Waals surface area contributed by atoms with Gasteiger partial charge < -0.3 is 9.64 Å². The molecule has 0 aliphatic heterocycles. The Balaban J connectivity index is 2.11. The molecule has 2 aromatic rings. The molecule has 0 saturated carbocycles. The van der Waals surface area contributed by atoms with Crippen molar-refractivity contribution in [2.24, 2.45) is 4.99 Å². The summed E-state index contributed by atoms with van der Waals surface area (Å²) in [5.41, 5.74) is 2.87. The number of hydrogen-bond donors (Lipinski definition) is 0. The van der Waals surface area contributed by atoms with Gasteiger partial charge in [-0.1, -0.05) is 60.7 Å². The Morgan fingerprint density at radius 1 is 1.00 bits per heavy atom. The van der Waals surface area contributed by atoms with Crippen LogP contribution >= 0.6 is 0 Å². The minimum absolute atomic E-state index is 0.371. The van der Waals surface area contributed by atoms with Crippen LogP contribution in [-0.2, 0) is 22.6 Å². The van der Waals surface area contributed by atoms with E-state index in [-0.39, 0.29) is 5.97 Å². The van der Waals surface area contributed by atoms with E-state index in [9.17, 15) is 4.79 Å². The first kappa shape index (κ1) is 17.5. The van der Waals surface area contributed by atoms with Crippen LogP contribution in [0.3, 0.4) is 0 Å². The number of rotatable bonds is 7. The van der Waals surface area contributed by atoms with Gasteiger partial charge in [-0.05, 0) is 18.1 Å². The van der Waals surface area contributed by atoms with E-state index in [0.29, 0.717) is 5.57 Å². The first-order valence-electron chi connectivity index (χ1n) is 7.79. The maximum Gasteiger partial charge on any atom is 0.334 e. The van der Waals surface area contributed by atoms with Crippen LogP contribution in [-0.4, -0.2) is 24.3 Å². The highest BCUT2D eigenvalue weighted by atomic mass is 16.5. The van der Waals surface area contributed by atoms with Crippen molar-refractivity contribution in [2.75, 3.05) is 7.11 Å². The Labute approximate surface area is 143 Å². The molecular weight excluding hydrogens is 300 g/mol. The fourth-order valence-electron chi connectivity index (χ4n) is 2.23. The van der Waals surface area contributed by atoms with Gasteiger partial charge in [-0.3, -0.25) is 0 Å². The third kappa shape index (κ3) is 5.72. The van der Waals surface area contributed by atoms with Gasteiger partial charge in [0.15, 0.2) is 0 Å². The van der Waals surface area contributed by atoms with E-state index < -0.39 is 0 Å². The lowest BCUT2D eigenvalue weighted by Gasteiger charge is -2.19. The Morgan fingerprint density at radius 3 is 1.96 bits per heavy atom. The predicted molar refractivity (Wildman–Crippen MR) is 96.4 cm³/mol. The van der Waals surface area contributed by atoms with Gasteiger partial charge in [0.1, 0.15) is 0 Å². The second-order valence-electron chi connectivity index (χ2n) is 5.44. The predicted octanol–water partition coefficient (Wildman–Crippen LogP) is 3.79. The standard InChI is InChI=1S/C20H22N2O2/c1-17(20(23)24-2)13-21-16-22(14-18-9-5-3-6-10-18)15-19-11-7-4-8-12-19/h3-13,16H,14-15H2,1-2H3/b17-13+,21-16+. The number of aliphatic imine (C=N–C) groups is 1. The van der Waals surface area contributed by atoms with Crippen LogP contribution in [0, 0.1) is 0 Å². The molecular formula is C20H22N2O2. The van der Waals surface area contributed by atoms with Crippen molar-refractivity contribution in [1.82, 2.24) is 4.90 Å². The molecule has 0 amide bonds. The topological polar surface area (TPSA) is 41.9 Å². The summed E-state index contributed by atoms with van der Waals surface area (Å²) < 4.78 is 4.67. The fourth-order valence-corrected chi connectivity index (χ4v) is 2.23. The Bertz CT molecular complexity index is 653. The van der Waals surface area contributed by atoms with Crippen molar-refractivity contribution in [3.05, 3.63) is 83.6 Å². The van der Waals surface area contributed by atoms with Gasteiger partial charge in [0.05, 0.1) is 19.0 Å². The van der Waals surface area contributed by atoms with Crippen molar-refractivity contribution >= 4 is 12.3 Å². The SMILES string of the molecule is COC(=O)/C(C)=C/N=C/N(Cc1ccccc1)Cc1ccccc1. The molecule has 0 spiro atoms. The molecule has 4 heteroatoms. The Morgan fingerprint density at radius 2 is 1.50 bits per heavy atom. The molecule has 0 atom stereocenters. The van der Waals surface area contributed by atoms with Crippen LogP contribution in [0.2, 0.25) is 0 Å². The first-order valence-corrected chi connectivity index (χ1v) is 7.79. The van der Waals surface area contributed by atoms with Gasteiger partial charge in [-0.15, -0.1) is 0 Å². The van der Waals surface area contributed by atoms with E-state index in [1.807, 2.05) is 36.4 Å². The second kappa shape index (κ2) is 9.30. The lowest BCUT2D eigenvalue weighted by molar-refractivity contribution is -0.136. The summed E-state index contributed by atoms with van der Waals surface area (Å²) in [5.74, 6) is -0.371. The van der Waals surface area contributed by atoms with E-state index in [1.165, 1.54) is 24.4 Å². The van der Waals surface area contributed by atoms with Gasteiger partial charge in [-0.25, -0.2) is 9.79 Å². The molecule has 2 rings (SSSR count). The zero-order valence-electron chi connectivity index (χ0n) is 14.1. The molecule has 0 heterocycles. The second-order valence-corrected chi connectivity index (χ2v) is 5.44. The van der Waals surface area contributed by atoms with E-state index in [2.05, 4.69) is 38.9 Å². The Hall–Kier alpha value is -2.88. The molecule has 24 heavy (non-hydrogen) atoms. The van der Waals surface area contributed by atoms with E-state index >= 15 is 0 Å². The summed E-state index contributed by atoms with van der Waals surface area (Å²) in [7, 11) is 1.36. The highest BCUT2D eigenvalue weighted by Gasteiger charge is 2.04. The average molecular weight is 322 g/mol. The summed E-state index contributed by atoms with van der Waals surface area (Å²) in [4.78, 5) is 17.8. The maximum atomic E-state index is 11.4. The summed E-state index contributed by atoms with van der Waals surface area (Å²) >= 11 is 0. The number of nitrogens with zero attached hydrogens (tertiary/aromatic N) is 2. The molecule has 0 saturated heterocycles. The van der Waals surface area contributed by atoms with Crippen molar-refractivity contribution < 1.29 is 9.53 Å². The molecule has 0 unspecified atom stereocenters. The fraction of sp³-hybridized carbons (Fsp3) is 0.200. The van der Waals surface area contributed by atoms with Gasteiger partial charge >= 0.3 is 5.97 Å². The molecule has 4 nitrogen and oxygen atoms in total. The van der Waals surface area contributed by atoms with E-state index in [1.54, 1.807) is 13.3 Å². The van der Waals surface area contributed by atoms with Crippen molar-refractivity contribution in [1.29, 1.82) is 0 Å². The van der Waals surface area contributed by atoms with Crippen LogP contribution in [0.15, 0.2) is 77.4 Å². The number of carbonyl (C=O) groups excluding carboxylic acids is 1. The number of carbonyl (C=O) groups is 1. The lowest BCUT2D eigenvalue weighted by atomic mass is 10.2. The maximum absolute atomic E-state index is 11.4. The highest BCUT2D eigenvalue weighted by molar-refractivity contribution is 5.87. The largest absolute Gasteiger partial charge is 0.466 e. The number of ether oxygens (including phenoxy) is 1. The normalized spacial score (nSPS) is 11.5. The smallest absolute Gasteiger partial charge is 0.334 e. The van der Waals surface area contributed by atoms with Gasteiger partial charge in [0, 0.05) is 19.3 Å². The van der Waals surface area contributed by atoms with Crippen LogP contribution in [0.5, 0.6) is 0 Å². The molecule has 0 aromatic heterocycles. The molecule has 2 aromatic carbocycles. The summed E-state index contributed by atoms with van der Waals surface area (Å²) in [5, 5.41) is 0. The quantitative estimate of drug-likeness (QED) is 0.337. The molecule has 0 fully saturated rings. The van der Waals surface area contributed by atoms with E-state index in [0.717, 1.165) is 13.1 Å².